The van der Waals surface area contributed by atoms with Gasteiger partial charge in [0.2, 0.25) is 0 Å². The molecule has 2 rings (SSSR count). The van der Waals surface area contributed by atoms with Gasteiger partial charge in [-0.1, -0.05) is 37.0 Å². The highest BCUT2D eigenvalue weighted by atomic mass is 35.5. The van der Waals surface area contributed by atoms with Gasteiger partial charge in [0.25, 0.3) is 5.91 Å². The topological polar surface area (TPSA) is 47.6 Å². The van der Waals surface area contributed by atoms with Crippen molar-refractivity contribution in [2.24, 2.45) is 5.92 Å². The van der Waals surface area contributed by atoms with E-state index in [9.17, 15) is 4.79 Å². The number of carbonyl (C=O) groups is 1. The minimum atomic E-state index is -0.253. The van der Waals surface area contributed by atoms with Gasteiger partial charge in [0.05, 0.1) is 13.2 Å². The van der Waals surface area contributed by atoms with E-state index in [1.807, 2.05) is 6.92 Å². The van der Waals surface area contributed by atoms with Crippen molar-refractivity contribution >= 4 is 34.8 Å². The first-order valence-electron chi connectivity index (χ1n) is 8.50. The zero-order chi connectivity index (χ0) is 19.1. The van der Waals surface area contributed by atoms with E-state index in [-0.39, 0.29) is 5.91 Å². The van der Waals surface area contributed by atoms with E-state index < -0.39 is 0 Å². The van der Waals surface area contributed by atoms with Crippen LogP contribution in [0.5, 0.6) is 5.75 Å². The minimum Gasteiger partial charge on any atom is -0.494 e. The van der Waals surface area contributed by atoms with Crippen LogP contribution in [-0.4, -0.2) is 19.1 Å². The maximum absolute atomic E-state index is 12.6. The smallest absolute Gasteiger partial charge is 0.255 e. The summed E-state index contributed by atoms with van der Waals surface area (Å²) in [6.07, 6.45) is 0. The van der Waals surface area contributed by atoms with Crippen molar-refractivity contribution in [1.29, 1.82) is 0 Å². The van der Waals surface area contributed by atoms with E-state index >= 15 is 0 Å². The molecule has 0 aliphatic carbocycles. The van der Waals surface area contributed by atoms with Crippen molar-refractivity contribution in [3.05, 3.63) is 57.6 Å². The average Bonchev–Trinajstić information content (AvgIpc) is 2.55. The molecule has 0 atom stereocenters. The van der Waals surface area contributed by atoms with Crippen LogP contribution in [0.3, 0.4) is 0 Å². The highest BCUT2D eigenvalue weighted by Gasteiger charge is 2.12. The average molecular weight is 396 g/mol. The summed E-state index contributed by atoms with van der Waals surface area (Å²) in [4.78, 5) is 12.6. The lowest BCUT2D eigenvalue weighted by atomic mass is 10.1. The summed E-state index contributed by atoms with van der Waals surface area (Å²) >= 11 is 11.9. The van der Waals surface area contributed by atoms with Crippen LogP contribution in [-0.2, 0) is 11.3 Å². The molecule has 0 unspecified atom stereocenters. The molecule has 0 saturated carbocycles. The molecular formula is C20H23Cl2NO3. The van der Waals surface area contributed by atoms with Crippen LogP contribution in [0.2, 0.25) is 10.0 Å². The molecule has 0 fully saturated rings. The number of nitrogens with one attached hydrogen (secondary N) is 1. The Morgan fingerprint density at radius 1 is 1.12 bits per heavy atom. The molecule has 0 aliphatic rings. The molecule has 1 amide bonds. The Hall–Kier alpha value is -1.75. The Balaban J connectivity index is 2.17. The molecule has 0 heterocycles. The number of benzene rings is 2. The van der Waals surface area contributed by atoms with Crippen LogP contribution in [0.25, 0.3) is 0 Å². The van der Waals surface area contributed by atoms with E-state index in [2.05, 4.69) is 19.2 Å². The van der Waals surface area contributed by atoms with Crippen LogP contribution in [0, 0.1) is 5.92 Å². The van der Waals surface area contributed by atoms with Gasteiger partial charge in [-0.05, 0) is 49.2 Å². The molecule has 26 heavy (non-hydrogen) atoms. The van der Waals surface area contributed by atoms with Gasteiger partial charge in [-0.15, -0.1) is 0 Å². The highest BCUT2D eigenvalue weighted by molar-refractivity contribution is 6.35. The number of rotatable bonds is 8. The first kappa shape index (κ1) is 20.6. The lowest BCUT2D eigenvalue weighted by Crippen LogP contribution is -2.13. The molecule has 1 N–H and O–H groups in total. The Morgan fingerprint density at radius 3 is 2.42 bits per heavy atom. The summed E-state index contributed by atoms with van der Waals surface area (Å²) in [5.41, 5.74) is 1.89. The second-order valence-electron chi connectivity index (χ2n) is 6.28. The van der Waals surface area contributed by atoms with Crippen LogP contribution >= 0.6 is 23.2 Å². The van der Waals surface area contributed by atoms with E-state index in [1.165, 1.54) is 0 Å². The molecular weight excluding hydrogens is 373 g/mol. The van der Waals surface area contributed by atoms with Crippen molar-refractivity contribution in [3.63, 3.8) is 0 Å². The summed E-state index contributed by atoms with van der Waals surface area (Å²) in [7, 11) is 0. The third-order valence-corrected chi connectivity index (χ3v) is 3.89. The maximum atomic E-state index is 12.6. The zero-order valence-corrected chi connectivity index (χ0v) is 16.7. The quantitative estimate of drug-likeness (QED) is 0.612. The van der Waals surface area contributed by atoms with Gasteiger partial charge >= 0.3 is 0 Å². The van der Waals surface area contributed by atoms with Crippen molar-refractivity contribution in [2.75, 3.05) is 18.5 Å². The standard InChI is InChI=1S/C20H23Cl2NO3/c1-4-26-19-6-5-14(7-15(19)12-25-11-13(2)3)20(24)23-18-9-16(21)8-17(22)10-18/h5-10,13H,4,11-12H2,1-3H3,(H,23,24). The Morgan fingerprint density at radius 2 is 1.81 bits per heavy atom. The van der Waals surface area contributed by atoms with Gasteiger partial charge in [0.15, 0.2) is 0 Å². The second kappa shape index (κ2) is 9.81. The van der Waals surface area contributed by atoms with E-state index in [0.29, 0.717) is 47.0 Å². The molecule has 0 bridgehead atoms. The fourth-order valence-corrected chi connectivity index (χ4v) is 2.89. The number of hydrogen-bond donors (Lipinski definition) is 1. The van der Waals surface area contributed by atoms with Gasteiger partial charge in [0.1, 0.15) is 5.75 Å². The Kier molecular flexibility index (Phi) is 7.76. The van der Waals surface area contributed by atoms with Gasteiger partial charge in [-0.25, -0.2) is 0 Å². The van der Waals surface area contributed by atoms with Crippen LogP contribution in [0.4, 0.5) is 5.69 Å². The van der Waals surface area contributed by atoms with E-state index in [4.69, 9.17) is 32.7 Å². The molecule has 2 aromatic rings. The lowest BCUT2D eigenvalue weighted by molar-refractivity contribution is 0.0948. The number of anilines is 1. The molecule has 4 nitrogen and oxygen atoms in total. The third-order valence-electron chi connectivity index (χ3n) is 3.45. The molecule has 0 aliphatic heterocycles. The first-order chi connectivity index (χ1) is 12.4. The lowest BCUT2D eigenvalue weighted by Gasteiger charge is -2.14. The number of halogens is 2. The second-order valence-corrected chi connectivity index (χ2v) is 7.15. The summed E-state index contributed by atoms with van der Waals surface area (Å²) in [5.74, 6) is 0.902. The van der Waals surface area contributed by atoms with Crippen LogP contribution in [0.15, 0.2) is 36.4 Å². The van der Waals surface area contributed by atoms with Crippen LogP contribution in [0.1, 0.15) is 36.7 Å². The normalized spacial score (nSPS) is 10.8. The number of hydrogen-bond acceptors (Lipinski definition) is 3. The predicted octanol–water partition coefficient (Wildman–Crippen LogP) is 5.82. The zero-order valence-electron chi connectivity index (χ0n) is 15.1. The van der Waals surface area contributed by atoms with Gasteiger partial charge in [-0.3, -0.25) is 4.79 Å². The van der Waals surface area contributed by atoms with Crippen molar-refractivity contribution < 1.29 is 14.3 Å². The molecule has 140 valence electrons. The fourth-order valence-electron chi connectivity index (χ4n) is 2.36. The molecule has 0 aromatic heterocycles. The predicted molar refractivity (Wildman–Crippen MR) is 107 cm³/mol. The van der Waals surface area contributed by atoms with E-state index in [1.54, 1.807) is 36.4 Å². The number of carbonyl (C=O) groups excluding carboxylic acids is 1. The highest BCUT2D eigenvalue weighted by Crippen LogP contribution is 2.25. The monoisotopic (exact) mass is 395 g/mol. The largest absolute Gasteiger partial charge is 0.494 e. The summed E-state index contributed by atoms with van der Waals surface area (Å²) in [6, 6.07) is 10.2. The first-order valence-corrected chi connectivity index (χ1v) is 9.25. The van der Waals surface area contributed by atoms with Crippen LogP contribution < -0.4 is 10.1 Å². The van der Waals surface area contributed by atoms with Crippen molar-refractivity contribution in [3.8, 4) is 5.75 Å². The van der Waals surface area contributed by atoms with Crippen molar-refractivity contribution in [2.45, 2.75) is 27.4 Å². The fraction of sp³-hybridized carbons (Fsp3) is 0.350. The van der Waals surface area contributed by atoms with Gasteiger partial charge < -0.3 is 14.8 Å². The Labute approximate surface area is 164 Å². The summed E-state index contributed by atoms with van der Waals surface area (Å²) in [5, 5.41) is 3.72. The molecule has 0 spiro atoms. The number of ether oxygens (including phenoxy) is 2. The van der Waals surface area contributed by atoms with Gasteiger partial charge in [0, 0.05) is 33.5 Å². The number of amides is 1. The maximum Gasteiger partial charge on any atom is 0.255 e. The van der Waals surface area contributed by atoms with Crippen molar-refractivity contribution in [1.82, 2.24) is 0 Å². The van der Waals surface area contributed by atoms with Gasteiger partial charge in [-0.2, -0.15) is 0 Å². The Bertz CT molecular complexity index is 742. The minimum absolute atomic E-state index is 0.253. The molecule has 6 heteroatoms. The van der Waals surface area contributed by atoms with E-state index in [0.717, 1.165) is 11.3 Å². The molecule has 0 saturated heterocycles. The summed E-state index contributed by atoms with van der Waals surface area (Å²) in [6.45, 7) is 7.67. The SMILES string of the molecule is CCOc1ccc(C(=O)Nc2cc(Cl)cc(Cl)c2)cc1COCC(C)C. The third kappa shape index (κ3) is 6.20. The summed E-state index contributed by atoms with van der Waals surface area (Å²) < 4.78 is 11.3. The molecule has 0 radical (unpaired) electrons. The molecule has 2 aromatic carbocycles.